The molecular formula is C29H24ClFN10O3. The maximum Gasteiger partial charge on any atom is 0.411 e. The summed E-state index contributed by atoms with van der Waals surface area (Å²) < 4.78 is 25.4. The number of nitrogens with one attached hydrogen (secondary N) is 1. The summed E-state index contributed by atoms with van der Waals surface area (Å²) in [4.78, 5) is 11.5. The smallest absolute Gasteiger partial charge is 0.411 e. The van der Waals surface area contributed by atoms with Gasteiger partial charge < -0.3 is 9.94 Å². The summed E-state index contributed by atoms with van der Waals surface area (Å²) in [5.41, 5.74) is 4.01. The lowest BCUT2D eigenvalue weighted by atomic mass is 10.0. The molecule has 15 heteroatoms. The number of carbonyl (C=O) groups excluding carboxylic acids is 1. The van der Waals surface area contributed by atoms with Crippen LogP contribution in [0.15, 0.2) is 85.7 Å². The van der Waals surface area contributed by atoms with Gasteiger partial charge in [-0.3, -0.25) is 14.7 Å². The summed E-state index contributed by atoms with van der Waals surface area (Å²) in [7, 11) is 3.11. The van der Waals surface area contributed by atoms with Gasteiger partial charge in [0.15, 0.2) is 12.0 Å². The predicted molar refractivity (Wildman–Crippen MR) is 157 cm³/mol. The maximum absolute atomic E-state index is 15.4. The van der Waals surface area contributed by atoms with Gasteiger partial charge in [-0.1, -0.05) is 23.7 Å². The summed E-state index contributed by atoms with van der Waals surface area (Å²) in [5, 5.41) is 36.4. The molecule has 1 amide bonds. The molecule has 4 aromatic heterocycles. The van der Waals surface area contributed by atoms with Crippen LogP contribution >= 0.6 is 11.6 Å². The van der Waals surface area contributed by atoms with Crippen molar-refractivity contribution in [2.24, 2.45) is 7.05 Å². The van der Waals surface area contributed by atoms with Crippen LogP contribution in [0.1, 0.15) is 17.4 Å². The SMILES string of the molecule is COC(=O)Nc1ccc(-c2cnn(C(Cc3ccn(C)n3)c3ccc(-c4c(-n5cnnn5)ccc(Cl)c4F)c[n+]3[O-])c2)cc1. The zero-order chi connectivity index (χ0) is 30.8. The van der Waals surface area contributed by atoms with E-state index < -0.39 is 18.0 Å². The number of ether oxygens (including phenoxy) is 1. The Labute approximate surface area is 254 Å². The summed E-state index contributed by atoms with van der Waals surface area (Å²) in [6.07, 6.45) is 7.75. The third-order valence-corrected chi connectivity index (χ3v) is 7.28. The van der Waals surface area contributed by atoms with Gasteiger partial charge in [0.05, 0.1) is 40.8 Å². The fourth-order valence-corrected chi connectivity index (χ4v) is 5.01. The number of nitrogens with zero attached hydrogens (tertiary/aromatic N) is 9. The highest BCUT2D eigenvalue weighted by Crippen LogP contribution is 2.34. The van der Waals surface area contributed by atoms with Crippen molar-refractivity contribution in [3.05, 3.63) is 113 Å². The standard InChI is InChI=1S/C29H24ClFN10O3/c1-38-12-11-22(35-38)13-26(39-15-20(14-33-39)18-3-6-21(7-4-18)34-29(42)44-2)24-9-5-19(16-41(24)43)27-25(40-17-32-36-37-40)10-8-23(30)28(27)31/h3-12,14-17,26H,13H2,1-2H3,(H,34,42). The van der Waals surface area contributed by atoms with Crippen molar-refractivity contribution < 1.29 is 18.7 Å². The molecule has 0 bridgehead atoms. The van der Waals surface area contributed by atoms with Crippen molar-refractivity contribution in [3.63, 3.8) is 0 Å². The minimum absolute atomic E-state index is 0.0775. The minimum atomic E-state index is -0.707. The van der Waals surface area contributed by atoms with Gasteiger partial charge in [0, 0.05) is 43.2 Å². The second-order valence-electron chi connectivity index (χ2n) is 9.78. The first-order valence-electron chi connectivity index (χ1n) is 13.2. The molecule has 222 valence electrons. The van der Waals surface area contributed by atoms with Crippen LogP contribution in [-0.4, -0.2) is 53.0 Å². The molecule has 0 saturated carbocycles. The Kier molecular flexibility index (Phi) is 7.72. The minimum Gasteiger partial charge on any atom is -0.618 e. The summed E-state index contributed by atoms with van der Waals surface area (Å²) >= 11 is 6.12. The summed E-state index contributed by atoms with van der Waals surface area (Å²) in [5.74, 6) is -0.707. The van der Waals surface area contributed by atoms with Crippen LogP contribution in [-0.2, 0) is 18.2 Å². The first-order chi connectivity index (χ1) is 21.3. The fraction of sp³-hybridized carbons (Fsp3) is 0.138. The van der Waals surface area contributed by atoms with Gasteiger partial charge in [-0.05, 0) is 52.4 Å². The predicted octanol–water partition coefficient (Wildman–Crippen LogP) is 4.36. The molecule has 0 saturated heterocycles. The van der Waals surface area contributed by atoms with Crippen LogP contribution in [0.5, 0.6) is 0 Å². The lowest BCUT2D eigenvalue weighted by molar-refractivity contribution is -0.615. The number of aromatic nitrogens is 9. The molecule has 0 fully saturated rings. The number of tetrazole rings is 1. The van der Waals surface area contributed by atoms with Crippen molar-refractivity contribution >= 4 is 23.4 Å². The quantitative estimate of drug-likeness (QED) is 0.197. The number of aryl methyl sites for hydroxylation is 1. The zero-order valence-electron chi connectivity index (χ0n) is 23.4. The van der Waals surface area contributed by atoms with Crippen molar-refractivity contribution in [1.82, 2.24) is 39.8 Å². The highest BCUT2D eigenvalue weighted by molar-refractivity contribution is 6.31. The van der Waals surface area contributed by atoms with E-state index in [1.807, 2.05) is 37.6 Å². The van der Waals surface area contributed by atoms with E-state index in [1.165, 1.54) is 30.4 Å². The average molecular weight is 615 g/mol. The third-order valence-electron chi connectivity index (χ3n) is 6.99. The van der Waals surface area contributed by atoms with Gasteiger partial charge in [0.1, 0.15) is 12.4 Å². The maximum atomic E-state index is 15.4. The van der Waals surface area contributed by atoms with Gasteiger partial charge in [0.25, 0.3) is 0 Å². The van der Waals surface area contributed by atoms with E-state index in [0.29, 0.717) is 28.2 Å². The summed E-state index contributed by atoms with van der Waals surface area (Å²) in [6.45, 7) is 0. The van der Waals surface area contributed by atoms with Gasteiger partial charge in [-0.2, -0.15) is 19.6 Å². The van der Waals surface area contributed by atoms with Crippen LogP contribution in [0, 0.1) is 11.0 Å². The van der Waals surface area contributed by atoms with Crippen LogP contribution in [0.4, 0.5) is 14.9 Å². The number of hydrogen-bond donors (Lipinski definition) is 1. The molecule has 13 nitrogen and oxygen atoms in total. The number of anilines is 1. The van der Waals surface area contributed by atoms with Crippen molar-refractivity contribution in [1.29, 1.82) is 0 Å². The lowest BCUT2D eigenvalue weighted by Crippen LogP contribution is -2.36. The molecule has 1 unspecified atom stereocenters. The Bertz CT molecular complexity index is 1940. The second kappa shape index (κ2) is 11.9. The molecule has 0 radical (unpaired) electrons. The van der Waals surface area contributed by atoms with Crippen LogP contribution < -0.4 is 10.0 Å². The molecule has 1 N–H and O–H groups in total. The number of amides is 1. The number of benzene rings is 2. The normalized spacial score (nSPS) is 11.8. The van der Waals surface area contributed by atoms with E-state index in [4.69, 9.17) is 11.6 Å². The number of hydrogen-bond acceptors (Lipinski definition) is 8. The molecule has 1 atom stereocenters. The Morgan fingerprint density at radius 3 is 2.59 bits per heavy atom. The van der Waals surface area contributed by atoms with E-state index in [-0.39, 0.29) is 16.1 Å². The van der Waals surface area contributed by atoms with Gasteiger partial charge in [0.2, 0.25) is 5.69 Å². The monoisotopic (exact) mass is 614 g/mol. The van der Waals surface area contributed by atoms with Gasteiger partial charge in [-0.25, -0.2) is 9.18 Å². The number of carbonyl (C=O) groups is 1. The Morgan fingerprint density at radius 1 is 1.11 bits per heavy atom. The van der Waals surface area contributed by atoms with Crippen molar-refractivity contribution in [2.75, 3.05) is 12.4 Å². The van der Waals surface area contributed by atoms with E-state index >= 15 is 4.39 Å². The number of pyridine rings is 1. The highest BCUT2D eigenvalue weighted by Gasteiger charge is 2.27. The molecule has 6 aromatic rings. The second-order valence-corrected chi connectivity index (χ2v) is 10.2. The zero-order valence-corrected chi connectivity index (χ0v) is 24.1. The molecule has 0 spiro atoms. The Balaban J connectivity index is 1.37. The molecule has 0 aliphatic rings. The average Bonchev–Trinajstić information content (AvgIpc) is 3.81. The van der Waals surface area contributed by atoms with E-state index in [1.54, 1.807) is 45.9 Å². The molecule has 0 aliphatic carbocycles. The molecular weight excluding hydrogens is 591 g/mol. The van der Waals surface area contributed by atoms with Crippen LogP contribution in [0.25, 0.3) is 27.9 Å². The van der Waals surface area contributed by atoms with Crippen molar-refractivity contribution in [2.45, 2.75) is 12.5 Å². The largest absolute Gasteiger partial charge is 0.618 e. The highest BCUT2D eigenvalue weighted by atomic mass is 35.5. The third kappa shape index (κ3) is 5.70. The van der Waals surface area contributed by atoms with Gasteiger partial charge >= 0.3 is 6.09 Å². The number of methoxy groups -OCH3 is 1. The first kappa shape index (κ1) is 28.5. The first-order valence-corrected chi connectivity index (χ1v) is 13.6. The Hall–Kier alpha value is -5.63. The topological polar surface area (TPSA) is 145 Å². The molecule has 0 aliphatic heterocycles. The van der Waals surface area contributed by atoms with E-state index in [2.05, 4.69) is 35.8 Å². The molecule has 4 heterocycles. The molecule has 6 rings (SSSR count). The Morgan fingerprint density at radius 2 is 1.91 bits per heavy atom. The molecule has 2 aromatic carbocycles. The lowest BCUT2D eigenvalue weighted by Gasteiger charge is -2.18. The van der Waals surface area contributed by atoms with Gasteiger partial charge in [-0.15, -0.1) is 5.10 Å². The van der Waals surface area contributed by atoms with Crippen LogP contribution in [0.2, 0.25) is 5.02 Å². The van der Waals surface area contributed by atoms with E-state index in [9.17, 15) is 10.0 Å². The van der Waals surface area contributed by atoms with Crippen LogP contribution in [0.3, 0.4) is 0 Å². The number of rotatable bonds is 8. The van der Waals surface area contributed by atoms with E-state index in [0.717, 1.165) is 16.8 Å². The fourth-order valence-electron chi connectivity index (χ4n) is 4.85. The molecule has 44 heavy (non-hydrogen) atoms. The number of halogens is 2. The summed E-state index contributed by atoms with van der Waals surface area (Å²) in [6, 6.07) is 14.7. The van der Waals surface area contributed by atoms with Crippen molar-refractivity contribution in [3.8, 4) is 27.9 Å².